The van der Waals surface area contributed by atoms with Crippen LogP contribution in [0.4, 0.5) is 4.39 Å². The van der Waals surface area contributed by atoms with Crippen LogP contribution in [-0.2, 0) is 0 Å². The van der Waals surface area contributed by atoms with Crippen LogP contribution in [-0.4, -0.2) is 36.2 Å². The van der Waals surface area contributed by atoms with Gasteiger partial charge in [-0.05, 0) is 23.6 Å². The van der Waals surface area contributed by atoms with Crippen LogP contribution < -0.4 is 5.32 Å². The van der Waals surface area contributed by atoms with Crippen LogP contribution in [0.1, 0.15) is 22.0 Å². The van der Waals surface area contributed by atoms with E-state index in [9.17, 15) is 9.50 Å². The number of hydrogen-bond acceptors (Lipinski definition) is 5. The van der Waals surface area contributed by atoms with Gasteiger partial charge < -0.3 is 10.4 Å². The van der Waals surface area contributed by atoms with Gasteiger partial charge in [-0.2, -0.15) is 5.26 Å². The Morgan fingerprint density at radius 1 is 1.29 bits per heavy atom. The largest absolute Gasteiger partial charge is 0.505 e. The summed E-state index contributed by atoms with van der Waals surface area (Å²) in [5.41, 5.74) is 0.683. The monoisotopic (exact) mass is 389 g/mol. The second-order valence-electron chi connectivity index (χ2n) is 5.21. The third-order valence-corrected chi connectivity index (χ3v) is 4.77. The highest BCUT2D eigenvalue weighted by atomic mass is 35.5. The van der Waals surface area contributed by atoms with Gasteiger partial charge in [0.05, 0.1) is 17.7 Å². The van der Waals surface area contributed by atoms with Gasteiger partial charge in [-0.15, -0.1) is 36.2 Å². The number of nitriles is 1. The van der Waals surface area contributed by atoms with E-state index < -0.39 is 5.82 Å². The minimum Gasteiger partial charge on any atom is -0.505 e. The summed E-state index contributed by atoms with van der Waals surface area (Å²) in [5, 5.41) is 24.5. The quantitative estimate of drug-likeness (QED) is 0.845. The lowest BCUT2D eigenvalue weighted by molar-refractivity contribution is 0.197. The molecule has 0 saturated carbocycles. The summed E-state index contributed by atoms with van der Waals surface area (Å²) in [6, 6.07) is 8.31. The van der Waals surface area contributed by atoms with Gasteiger partial charge in [-0.1, -0.05) is 6.07 Å². The minimum absolute atomic E-state index is 0. The van der Waals surface area contributed by atoms with Crippen molar-refractivity contribution >= 4 is 36.2 Å². The lowest BCUT2D eigenvalue weighted by Gasteiger charge is -2.35. The minimum atomic E-state index is -0.745. The van der Waals surface area contributed by atoms with Crippen LogP contribution >= 0.6 is 36.2 Å². The van der Waals surface area contributed by atoms with Gasteiger partial charge >= 0.3 is 0 Å². The SMILES string of the molecule is Cl.Cl.N#Cc1cc(F)c(O)c([C@H](c2cccs2)N2CCNCC2)c1. The van der Waals surface area contributed by atoms with Crippen LogP contribution in [0.3, 0.4) is 0 Å². The van der Waals surface area contributed by atoms with E-state index >= 15 is 0 Å². The van der Waals surface area contributed by atoms with Crippen molar-refractivity contribution in [2.75, 3.05) is 26.2 Å². The Hall–Kier alpha value is -1.36. The Bertz CT molecular complexity index is 700. The number of aromatic hydroxyl groups is 1. The molecule has 1 aromatic carbocycles. The van der Waals surface area contributed by atoms with Crippen molar-refractivity contribution in [3.63, 3.8) is 0 Å². The molecule has 2 heterocycles. The molecule has 0 spiro atoms. The summed E-state index contributed by atoms with van der Waals surface area (Å²) in [7, 11) is 0. The first kappa shape index (κ1) is 20.7. The van der Waals surface area contributed by atoms with Gasteiger partial charge in [-0.3, -0.25) is 4.90 Å². The Morgan fingerprint density at radius 2 is 2.00 bits per heavy atom. The lowest BCUT2D eigenvalue weighted by Crippen LogP contribution is -2.45. The molecule has 2 aromatic rings. The molecule has 1 aliphatic heterocycles. The van der Waals surface area contributed by atoms with Crippen molar-refractivity contribution in [3.05, 3.63) is 51.5 Å². The number of phenolic OH excluding ortho intramolecular Hbond substituents is 1. The normalized spacial score (nSPS) is 15.7. The third-order valence-electron chi connectivity index (χ3n) is 3.85. The standard InChI is InChI=1S/C16H16FN3OS.2ClH/c17-13-9-11(10-18)8-12(16(13)21)15(14-2-1-7-22-14)20-5-3-19-4-6-20;;/h1-2,7-9,15,19,21H,3-6H2;2*1H/t15-;;/m1../s1. The number of hydrogen-bond donors (Lipinski definition) is 2. The molecular weight excluding hydrogens is 372 g/mol. The molecule has 24 heavy (non-hydrogen) atoms. The molecule has 1 saturated heterocycles. The molecule has 8 heteroatoms. The highest BCUT2D eigenvalue weighted by Gasteiger charge is 2.28. The number of nitrogens with zero attached hydrogens (tertiary/aromatic N) is 2. The maximum atomic E-state index is 14.0. The zero-order valence-corrected chi connectivity index (χ0v) is 15.2. The fourth-order valence-corrected chi connectivity index (χ4v) is 3.69. The number of benzene rings is 1. The molecule has 2 N–H and O–H groups in total. The summed E-state index contributed by atoms with van der Waals surface area (Å²) < 4.78 is 14.0. The zero-order chi connectivity index (χ0) is 15.5. The van der Waals surface area contributed by atoms with Crippen molar-refractivity contribution in [2.45, 2.75) is 6.04 Å². The molecule has 1 aliphatic rings. The highest BCUT2D eigenvalue weighted by Crippen LogP contribution is 2.38. The van der Waals surface area contributed by atoms with Crippen LogP contribution in [0.15, 0.2) is 29.6 Å². The Kier molecular flexibility index (Phi) is 7.94. The first-order chi connectivity index (χ1) is 10.7. The van der Waals surface area contributed by atoms with Gasteiger partial charge in [0.15, 0.2) is 11.6 Å². The van der Waals surface area contributed by atoms with Gasteiger partial charge in [0, 0.05) is 36.6 Å². The first-order valence-electron chi connectivity index (χ1n) is 7.11. The average molecular weight is 390 g/mol. The summed E-state index contributed by atoms with van der Waals surface area (Å²) in [5.74, 6) is -1.11. The van der Waals surface area contributed by atoms with Crippen LogP contribution in [0, 0.1) is 17.1 Å². The van der Waals surface area contributed by atoms with E-state index in [2.05, 4.69) is 10.2 Å². The van der Waals surface area contributed by atoms with E-state index in [1.807, 2.05) is 23.6 Å². The van der Waals surface area contributed by atoms with E-state index in [1.54, 1.807) is 17.4 Å². The zero-order valence-electron chi connectivity index (χ0n) is 12.7. The van der Waals surface area contributed by atoms with Crippen molar-refractivity contribution in [1.82, 2.24) is 10.2 Å². The molecule has 0 unspecified atom stereocenters. The molecule has 3 rings (SSSR count). The third kappa shape index (κ3) is 4.18. The van der Waals surface area contributed by atoms with Crippen LogP contribution in [0.5, 0.6) is 5.75 Å². The Balaban J connectivity index is 0.00000144. The highest BCUT2D eigenvalue weighted by molar-refractivity contribution is 7.10. The van der Waals surface area contributed by atoms with E-state index in [1.165, 1.54) is 0 Å². The van der Waals surface area contributed by atoms with E-state index in [4.69, 9.17) is 5.26 Å². The average Bonchev–Trinajstić information content (AvgIpc) is 3.06. The maximum absolute atomic E-state index is 14.0. The number of thiophene rings is 1. The van der Waals surface area contributed by atoms with E-state index in [0.29, 0.717) is 5.56 Å². The van der Waals surface area contributed by atoms with Crippen LogP contribution in [0.25, 0.3) is 0 Å². The number of piperazine rings is 1. The summed E-state index contributed by atoms with van der Waals surface area (Å²) in [6.07, 6.45) is 0. The maximum Gasteiger partial charge on any atom is 0.166 e. The molecule has 4 nitrogen and oxygen atoms in total. The lowest BCUT2D eigenvalue weighted by atomic mass is 9.99. The van der Waals surface area contributed by atoms with E-state index in [0.717, 1.165) is 37.1 Å². The molecule has 1 fully saturated rings. The number of nitrogens with one attached hydrogen (secondary N) is 1. The van der Waals surface area contributed by atoms with Crippen molar-refractivity contribution in [2.24, 2.45) is 0 Å². The molecule has 0 amide bonds. The molecule has 0 radical (unpaired) electrons. The number of phenols is 1. The number of rotatable bonds is 3. The van der Waals surface area contributed by atoms with Crippen molar-refractivity contribution in [1.29, 1.82) is 5.26 Å². The number of halogens is 3. The molecule has 0 aliphatic carbocycles. The van der Waals surface area contributed by atoms with Crippen molar-refractivity contribution < 1.29 is 9.50 Å². The Morgan fingerprint density at radius 3 is 2.58 bits per heavy atom. The van der Waals surface area contributed by atoms with Gasteiger partial charge in [-0.25, -0.2) is 4.39 Å². The fraction of sp³-hybridized carbons (Fsp3) is 0.312. The summed E-state index contributed by atoms with van der Waals surface area (Å²) in [4.78, 5) is 3.24. The summed E-state index contributed by atoms with van der Waals surface area (Å²) >= 11 is 1.57. The van der Waals surface area contributed by atoms with Crippen molar-refractivity contribution in [3.8, 4) is 11.8 Å². The second kappa shape index (κ2) is 9.21. The predicted molar refractivity (Wildman–Crippen MR) is 97.9 cm³/mol. The van der Waals surface area contributed by atoms with Crippen LogP contribution in [0.2, 0.25) is 0 Å². The first-order valence-corrected chi connectivity index (χ1v) is 7.99. The molecule has 0 bridgehead atoms. The predicted octanol–water partition coefficient (Wildman–Crippen LogP) is 3.30. The second-order valence-corrected chi connectivity index (χ2v) is 6.19. The summed E-state index contributed by atoms with van der Waals surface area (Å²) in [6.45, 7) is 3.31. The smallest absolute Gasteiger partial charge is 0.166 e. The Labute approximate surface area is 156 Å². The molecular formula is C16H18Cl2FN3OS. The molecule has 1 aromatic heterocycles. The fourth-order valence-electron chi connectivity index (χ4n) is 2.81. The molecule has 1 atom stereocenters. The van der Waals surface area contributed by atoms with Gasteiger partial charge in [0.2, 0.25) is 0 Å². The molecule has 130 valence electrons. The topological polar surface area (TPSA) is 59.3 Å². The van der Waals surface area contributed by atoms with E-state index in [-0.39, 0.29) is 42.2 Å². The van der Waals surface area contributed by atoms with Gasteiger partial charge in [0.1, 0.15) is 0 Å². The van der Waals surface area contributed by atoms with Gasteiger partial charge in [0.25, 0.3) is 0 Å².